The van der Waals surface area contributed by atoms with E-state index in [-0.39, 0.29) is 29.1 Å². The number of hydrogen-bond donors (Lipinski definition) is 0. The highest BCUT2D eigenvalue weighted by Crippen LogP contribution is 2.44. The van der Waals surface area contributed by atoms with Crippen LogP contribution in [0.1, 0.15) is 97.8 Å². The molecule has 0 bridgehead atoms. The van der Waals surface area contributed by atoms with E-state index in [0.717, 1.165) is 28.4 Å². The van der Waals surface area contributed by atoms with Gasteiger partial charge in [0.25, 0.3) is 18.1 Å². The van der Waals surface area contributed by atoms with Crippen LogP contribution < -0.4 is 22.8 Å². The van der Waals surface area contributed by atoms with Gasteiger partial charge >= 0.3 is 0 Å². The molecule has 0 saturated heterocycles. The first-order valence-electron chi connectivity index (χ1n) is 15.5. The molecule has 0 fully saturated rings. The van der Waals surface area contributed by atoms with Crippen LogP contribution in [0, 0.1) is 0 Å². The molecular weight excluding hydrogens is 598 g/mol. The van der Waals surface area contributed by atoms with Crippen LogP contribution in [-0.4, -0.2) is 5.60 Å². The second kappa shape index (κ2) is 14.9. The van der Waals surface area contributed by atoms with Crippen molar-refractivity contribution in [3.63, 3.8) is 0 Å². The topological polar surface area (TPSA) is 46.2 Å². The van der Waals surface area contributed by atoms with E-state index >= 15 is 0 Å². The van der Waals surface area contributed by atoms with Gasteiger partial charge in [-0.2, -0.15) is 0 Å². The van der Waals surface area contributed by atoms with Gasteiger partial charge < -0.3 is 22.8 Å². The lowest BCUT2D eigenvalue weighted by atomic mass is 9.85. The van der Waals surface area contributed by atoms with Crippen LogP contribution >= 0.6 is 18.1 Å². The largest absolute Gasteiger partial charge is 0.488 e. The van der Waals surface area contributed by atoms with Crippen molar-refractivity contribution in [1.82, 2.24) is 0 Å². The smallest absolute Gasteiger partial charge is 0.275 e. The zero-order chi connectivity index (χ0) is 32.8. The summed E-state index contributed by atoms with van der Waals surface area (Å²) >= 11 is 0. The highest BCUT2D eigenvalue weighted by atomic mass is 31.1. The molecule has 7 heteroatoms. The third kappa shape index (κ3) is 10.1. The van der Waals surface area contributed by atoms with E-state index in [1.807, 2.05) is 69.3 Å². The minimum Gasteiger partial charge on any atom is -0.488 e. The van der Waals surface area contributed by atoms with E-state index in [0.29, 0.717) is 23.3 Å². The van der Waals surface area contributed by atoms with Crippen molar-refractivity contribution in [2.45, 2.75) is 92.1 Å². The van der Waals surface area contributed by atoms with Crippen LogP contribution in [0.5, 0.6) is 28.7 Å². The Hall–Kier alpha value is -3.26. The predicted molar refractivity (Wildman–Crippen MR) is 191 cm³/mol. The summed E-state index contributed by atoms with van der Waals surface area (Å²) in [5, 5.41) is 0. The normalized spacial score (nSPS) is 12.4. The fourth-order valence-corrected chi connectivity index (χ4v) is 5.69. The summed E-state index contributed by atoms with van der Waals surface area (Å²) in [6.45, 7) is 21.4. The third-order valence-electron chi connectivity index (χ3n) is 7.18. The summed E-state index contributed by atoms with van der Waals surface area (Å²) in [6, 6.07) is 28.5. The van der Waals surface area contributed by atoms with Gasteiger partial charge in [-0.15, -0.1) is 0 Å². The molecule has 2 atom stereocenters. The molecule has 2 unspecified atom stereocenters. The van der Waals surface area contributed by atoms with Crippen molar-refractivity contribution in [2.24, 2.45) is 0 Å². The number of hydrogen-bond acceptors (Lipinski definition) is 5. The fraction of sp³-hybridized carbons (Fsp3) is 0.368. The number of ether oxygens (including phenoxy) is 1. The molecule has 0 saturated carbocycles. The Kier molecular flexibility index (Phi) is 11.5. The average molecular weight is 647 g/mol. The predicted octanol–water partition coefficient (Wildman–Crippen LogP) is 12.0. The monoisotopic (exact) mass is 646 g/mol. The summed E-state index contributed by atoms with van der Waals surface area (Å²) in [7, 11) is -0.468. The first-order valence-corrected chi connectivity index (χ1v) is 17.2. The molecular formula is C38H48O5P2. The molecule has 0 amide bonds. The molecule has 0 aliphatic rings. The standard InChI is InChI=1S/C38H48O5P2/c1-25(2)27-13-11-15-31(21-27)40-44-42-35-19-17-29(37(5,6)7)23-33(35)34-24-30(39-38(8,9)10)18-20-36(34)43-45-41-32-16-12-14-28(22-32)26(3)4/h11-26,44-45H,1-10H3. The molecule has 0 heterocycles. The highest BCUT2D eigenvalue weighted by molar-refractivity contribution is 7.27. The van der Waals surface area contributed by atoms with Gasteiger partial charge in [0.2, 0.25) is 0 Å². The van der Waals surface area contributed by atoms with Gasteiger partial charge in [0.05, 0.1) is 0 Å². The van der Waals surface area contributed by atoms with Crippen molar-refractivity contribution < 1.29 is 22.8 Å². The lowest BCUT2D eigenvalue weighted by Crippen LogP contribution is -2.22. The molecule has 45 heavy (non-hydrogen) atoms. The Bertz CT molecular complexity index is 1570. The molecule has 240 valence electrons. The third-order valence-corrected chi connectivity index (χ3v) is 8.43. The molecule has 0 aliphatic heterocycles. The quantitative estimate of drug-likeness (QED) is 0.143. The highest BCUT2D eigenvalue weighted by Gasteiger charge is 2.21. The lowest BCUT2D eigenvalue weighted by molar-refractivity contribution is 0.131. The molecule has 0 spiro atoms. The van der Waals surface area contributed by atoms with Gasteiger partial charge in [0.15, 0.2) is 0 Å². The maximum atomic E-state index is 6.35. The lowest BCUT2D eigenvalue weighted by Gasteiger charge is -2.24. The van der Waals surface area contributed by atoms with E-state index in [1.165, 1.54) is 16.7 Å². The Labute approximate surface area is 273 Å². The zero-order valence-electron chi connectivity index (χ0n) is 28.3. The number of rotatable bonds is 12. The fourth-order valence-electron chi connectivity index (χ4n) is 4.62. The molecule has 4 rings (SSSR count). The summed E-state index contributed by atoms with van der Waals surface area (Å²) in [6.07, 6.45) is 0. The van der Waals surface area contributed by atoms with Crippen LogP contribution in [0.2, 0.25) is 0 Å². The van der Waals surface area contributed by atoms with Crippen molar-refractivity contribution >= 4 is 18.1 Å². The Morgan fingerprint density at radius 3 is 1.47 bits per heavy atom. The van der Waals surface area contributed by atoms with Crippen LogP contribution in [0.15, 0.2) is 84.9 Å². The van der Waals surface area contributed by atoms with E-state index in [1.54, 1.807) is 0 Å². The SMILES string of the molecule is CC(C)c1cccc(OPOc2ccc(OC(C)(C)C)cc2-c2cc(C(C)(C)C)ccc2OPOc2cccc(C(C)C)c2)c1. The molecule has 4 aromatic rings. The Morgan fingerprint density at radius 1 is 0.511 bits per heavy atom. The molecule has 0 aromatic heterocycles. The van der Waals surface area contributed by atoms with Gasteiger partial charge in [-0.1, -0.05) is 78.8 Å². The van der Waals surface area contributed by atoms with Gasteiger partial charge in [-0.25, -0.2) is 0 Å². The molecule has 0 N–H and O–H groups in total. The van der Waals surface area contributed by atoms with Crippen molar-refractivity contribution in [3.05, 3.63) is 102 Å². The first kappa shape index (κ1) is 34.6. The van der Waals surface area contributed by atoms with E-state index in [9.17, 15) is 0 Å². The maximum absolute atomic E-state index is 6.35. The maximum Gasteiger partial charge on any atom is 0.275 e. The van der Waals surface area contributed by atoms with Gasteiger partial charge in [-0.3, -0.25) is 0 Å². The molecule has 0 aliphatic carbocycles. The zero-order valence-corrected chi connectivity index (χ0v) is 30.3. The van der Waals surface area contributed by atoms with Crippen molar-refractivity contribution in [1.29, 1.82) is 0 Å². The van der Waals surface area contributed by atoms with E-state index in [4.69, 9.17) is 22.8 Å². The van der Waals surface area contributed by atoms with Crippen molar-refractivity contribution in [3.8, 4) is 39.9 Å². The first-order chi connectivity index (χ1) is 21.2. The van der Waals surface area contributed by atoms with Gasteiger partial charge in [0, 0.05) is 11.1 Å². The summed E-state index contributed by atoms with van der Waals surface area (Å²) in [4.78, 5) is 0. The van der Waals surface area contributed by atoms with Crippen LogP contribution in [0.4, 0.5) is 0 Å². The molecule has 0 radical (unpaired) electrons. The Morgan fingerprint density at radius 2 is 1.00 bits per heavy atom. The minimum atomic E-state index is -0.363. The second-order valence-corrected chi connectivity index (χ2v) is 15.0. The molecule has 5 nitrogen and oxygen atoms in total. The van der Waals surface area contributed by atoms with Crippen molar-refractivity contribution in [2.75, 3.05) is 0 Å². The minimum absolute atomic E-state index is 0.0732. The van der Waals surface area contributed by atoms with E-state index in [2.05, 4.69) is 84.9 Å². The van der Waals surface area contributed by atoms with Crippen LogP contribution in [0.25, 0.3) is 11.1 Å². The second-order valence-electron chi connectivity index (χ2n) is 13.9. The van der Waals surface area contributed by atoms with Gasteiger partial charge in [-0.05, 0) is 109 Å². The van der Waals surface area contributed by atoms with Crippen LogP contribution in [0.3, 0.4) is 0 Å². The molecule has 4 aromatic carbocycles. The van der Waals surface area contributed by atoms with E-state index < -0.39 is 0 Å². The van der Waals surface area contributed by atoms with Gasteiger partial charge in [0.1, 0.15) is 34.3 Å². The summed E-state index contributed by atoms with van der Waals surface area (Å²) in [5.41, 5.74) is 4.95. The summed E-state index contributed by atoms with van der Waals surface area (Å²) in [5.74, 6) is 4.53. The Balaban J connectivity index is 1.67. The summed E-state index contributed by atoms with van der Waals surface area (Å²) < 4.78 is 31.1. The van der Waals surface area contributed by atoms with Crippen LogP contribution in [-0.2, 0) is 5.41 Å². The average Bonchev–Trinajstić information content (AvgIpc) is 2.97. The number of benzene rings is 4.